The summed E-state index contributed by atoms with van der Waals surface area (Å²) in [7, 11) is 0. The van der Waals surface area contributed by atoms with Crippen LogP contribution >= 0.6 is 36.4 Å². The van der Waals surface area contributed by atoms with E-state index in [1.807, 2.05) is 48.5 Å². The number of rotatable bonds is 5. The first-order valence-corrected chi connectivity index (χ1v) is 9.13. The fourth-order valence-electron chi connectivity index (χ4n) is 3.33. The summed E-state index contributed by atoms with van der Waals surface area (Å²) in [4.78, 5) is 14.6. The predicted molar refractivity (Wildman–Crippen MR) is 119 cm³/mol. The Morgan fingerprint density at radius 1 is 1.15 bits per heavy atom. The van der Waals surface area contributed by atoms with Gasteiger partial charge in [0.05, 0.1) is 10.7 Å². The lowest BCUT2D eigenvalue weighted by atomic mass is 10.0. The molecule has 0 aliphatic carbocycles. The van der Waals surface area contributed by atoms with Crippen molar-refractivity contribution >= 4 is 53.7 Å². The van der Waals surface area contributed by atoms with E-state index in [1.165, 1.54) is 0 Å². The van der Waals surface area contributed by atoms with Gasteiger partial charge < -0.3 is 16.0 Å². The summed E-state index contributed by atoms with van der Waals surface area (Å²) in [5.74, 6) is 0.0780. The molecule has 148 valence electrons. The molecule has 27 heavy (non-hydrogen) atoms. The lowest BCUT2D eigenvalue weighted by molar-refractivity contribution is -0.121. The van der Waals surface area contributed by atoms with Crippen LogP contribution in [0.4, 0.5) is 11.4 Å². The average Bonchev–Trinajstić information content (AvgIpc) is 2.62. The van der Waals surface area contributed by atoms with Crippen molar-refractivity contribution in [2.75, 3.05) is 23.7 Å². The summed E-state index contributed by atoms with van der Waals surface area (Å²) >= 11 is 6.30. The Morgan fingerprint density at radius 2 is 1.85 bits per heavy atom. The lowest BCUT2D eigenvalue weighted by Gasteiger charge is -2.35. The fourth-order valence-corrected chi connectivity index (χ4v) is 3.59. The van der Waals surface area contributed by atoms with E-state index >= 15 is 0 Å². The normalized spacial score (nSPS) is 16.0. The minimum absolute atomic E-state index is 0. The van der Waals surface area contributed by atoms with E-state index in [2.05, 4.69) is 10.2 Å². The number of carbonyl (C=O) groups excluding carboxylic acids is 1. The summed E-state index contributed by atoms with van der Waals surface area (Å²) in [5, 5.41) is 3.92. The molecule has 7 heteroatoms. The van der Waals surface area contributed by atoms with Crippen molar-refractivity contribution in [3.63, 3.8) is 0 Å². The Balaban J connectivity index is 0.00000182. The maximum atomic E-state index is 12.3. The lowest BCUT2D eigenvalue weighted by Crippen LogP contribution is -2.48. The monoisotopic (exact) mass is 429 g/mol. The minimum Gasteiger partial charge on any atom is -0.399 e. The molecule has 0 saturated carbocycles. The quantitative estimate of drug-likeness (QED) is 0.687. The van der Waals surface area contributed by atoms with Gasteiger partial charge in [-0.15, -0.1) is 24.8 Å². The summed E-state index contributed by atoms with van der Waals surface area (Å²) in [6, 6.07) is 15.7. The molecule has 4 nitrogen and oxygen atoms in total. The first kappa shape index (κ1) is 23.4. The van der Waals surface area contributed by atoms with Crippen molar-refractivity contribution in [2.45, 2.75) is 31.7 Å². The van der Waals surface area contributed by atoms with Crippen molar-refractivity contribution in [3.8, 4) is 0 Å². The van der Waals surface area contributed by atoms with Gasteiger partial charge in [0.2, 0.25) is 5.91 Å². The molecule has 1 amide bonds. The maximum absolute atomic E-state index is 12.3. The molecule has 2 aromatic rings. The number of hydrogen-bond acceptors (Lipinski definition) is 3. The van der Waals surface area contributed by atoms with Gasteiger partial charge in [-0.3, -0.25) is 4.79 Å². The molecule has 2 aromatic carbocycles. The zero-order valence-corrected chi connectivity index (χ0v) is 17.5. The molecule has 0 spiro atoms. The second kappa shape index (κ2) is 11.3. The first-order chi connectivity index (χ1) is 12.1. The Kier molecular flexibility index (Phi) is 9.78. The van der Waals surface area contributed by atoms with E-state index in [1.54, 1.807) is 0 Å². The molecular weight excluding hydrogens is 405 g/mol. The molecule has 3 rings (SSSR count). The summed E-state index contributed by atoms with van der Waals surface area (Å²) < 4.78 is 0. The van der Waals surface area contributed by atoms with Gasteiger partial charge >= 0.3 is 0 Å². The summed E-state index contributed by atoms with van der Waals surface area (Å²) in [6.45, 7) is 1.76. The standard InChI is InChI=1S/C20H24ClN3O.2ClH/c21-17-8-2-4-10-19(17)24-13-5-7-16(14-24)23-20(25)12-11-15-6-1-3-9-18(15)22;;/h1-4,6,8-10,16H,5,7,11-14,22H2,(H,23,25);2*1H. The Hall–Kier alpha value is -1.62. The zero-order chi connectivity index (χ0) is 17.6. The van der Waals surface area contributed by atoms with Crippen LogP contribution in [0.1, 0.15) is 24.8 Å². The summed E-state index contributed by atoms with van der Waals surface area (Å²) in [6.07, 6.45) is 3.16. The first-order valence-electron chi connectivity index (χ1n) is 8.75. The van der Waals surface area contributed by atoms with Crippen molar-refractivity contribution < 1.29 is 4.79 Å². The maximum Gasteiger partial charge on any atom is 0.220 e. The number of carbonyl (C=O) groups is 1. The number of benzene rings is 2. The van der Waals surface area contributed by atoms with Crippen molar-refractivity contribution in [1.82, 2.24) is 5.32 Å². The molecule has 0 radical (unpaired) electrons. The van der Waals surface area contributed by atoms with Gasteiger partial charge in [0, 0.05) is 31.2 Å². The number of nitrogens with one attached hydrogen (secondary N) is 1. The van der Waals surface area contributed by atoms with Crippen LogP contribution in [0.25, 0.3) is 0 Å². The van der Waals surface area contributed by atoms with Crippen LogP contribution in [0.2, 0.25) is 5.02 Å². The molecule has 1 aliphatic rings. The molecule has 1 aliphatic heterocycles. The number of anilines is 2. The highest BCUT2D eigenvalue weighted by Gasteiger charge is 2.22. The highest BCUT2D eigenvalue weighted by Crippen LogP contribution is 2.27. The van der Waals surface area contributed by atoms with Crippen LogP contribution in [0.5, 0.6) is 0 Å². The topological polar surface area (TPSA) is 58.4 Å². The van der Waals surface area contributed by atoms with Crippen molar-refractivity contribution in [2.24, 2.45) is 0 Å². The average molecular weight is 431 g/mol. The molecule has 0 aromatic heterocycles. The van der Waals surface area contributed by atoms with Gasteiger partial charge in [0.15, 0.2) is 0 Å². The number of hydrogen-bond donors (Lipinski definition) is 2. The molecule has 1 saturated heterocycles. The highest BCUT2D eigenvalue weighted by atomic mass is 35.5. The van der Waals surface area contributed by atoms with Crippen LogP contribution in [0, 0.1) is 0 Å². The largest absolute Gasteiger partial charge is 0.399 e. The predicted octanol–water partition coefficient (Wildman–Crippen LogP) is 4.48. The Bertz CT molecular complexity index is 742. The van der Waals surface area contributed by atoms with E-state index in [9.17, 15) is 4.79 Å². The number of nitrogen functional groups attached to an aromatic ring is 1. The van der Waals surface area contributed by atoms with E-state index in [4.69, 9.17) is 17.3 Å². The molecule has 3 N–H and O–H groups in total. The molecule has 1 atom stereocenters. The van der Waals surface area contributed by atoms with Crippen LogP contribution in [-0.2, 0) is 11.2 Å². The third-order valence-electron chi connectivity index (χ3n) is 4.66. The number of amides is 1. The number of aryl methyl sites for hydroxylation is 1. The van der Waals surface area contributed by atoms with Crippen LogP contribution in [-0.4, -0.2) is 25.0 Å². The molecule has 1 unspecified atom stereocenters. The van der Waals surface area contributed by atoms with Gasteiger partial charge in [0.1, 0.15) is 0 Å². The Morgan fingerprint density at radius 3 is 2.59 bits per heavy atom. The fraction of sp³-hybridized carbons (Fsp3) is 0.350. The molecule has 0 bridgehead atoms. The second-order valence-corrected chi connectivity index (χ2v) is 6.91. The SMILES string of the molecule is Cl.Cl.Nc1ccccc1CCC(=O)NC1CCCN(c2ccccc2Cl)C1. The minimum atomic E-state index is 0. The van der Waals surface area contributed by atoms with Crippen molar-refractivity contribution in [3.05, 3.63) is 59.1 Å². The van der Waals surface area contributed by atoms with Crippen molar-refractivity contribution in [1.29, 1.82) is 0 Å². The van der Waals surface area contributed by atoms with E-state index in [0.717, 1.165) is 47.9 Å². The van der Waals surface area contributed by atoms with Gasteiger partial charge in [-0.05, 0) is 43.0 Å². The van der Waals surface area contributed by atoms with Gasteiger partial charge in [-0.1, -0.05) is 41.9 Å². The van der Waals surface area contributed by atoms with E-state index < -0.39 is 0 Å². The van der Waals surface area contributed by atoms with Crippen LogP contribution in [0.3, 0.4) is 0 Å². The third kappa shape index (κ3) is 6.49. The van der Waals surface area contributed by atoms with E-state index in [0.29, 0.717) is 12.8 Å². The second-order valence-electron chi connectivity index (χ2n) is 6.50. The summed E-state index contributed by atoms with van der Waals surface area (Å²) in [5.41, 5.74) is 8.75. The molecular formula is C20H26Cl3N3O. The van der Waals surface area contributed by atoms with Crippen LogP contribution in [0.15, 0.2) is 48.5 Å². The Labute approximate surface area is 178 Å². The van der Waals surface area contributed by atoms with Crippen LogP contribution < -0.4 is 16.0 Å². The number of nitrogens with two attached hydrogens (primary N) is 1. The van der Waals surface area contributed by atoms with E-state index in [-0.39, 0.29) is 36.8 Å². The number of para-hydroxylation sites is 2. The number of nitrogens with zero attached hydrogens (tertiary/aromatic N) is 1. The number of piperidine rings is 1. The number of halogens is 3. The highest BCUT2D eigenvalue weighted by molar-refractivity contribution is 6.33. The zero-order valence-electron chi connectivity index (χ0n) is 15.1. The van der Waals surface area contributed by atoms with Gasteiger partial charge in [0.25, 0.3) is 0 Å². The smallest absolute Gasteiger partial charge is 0.220 e. The molecule has 1 heterocycles. The van der Waals surface area contributed by atoms with Gasteiger partial charge in [-0.25, -0.2) is 0 Å². The molecule has 1 fully saturated rings. The van der Waals surface area contributed by atoms with Gasteiger partial charge in [-0.2, -0.15) is 0 Å². The third-order valence-corrected chi connectivity index (χ3v) is 4.98.